The van der Waals surface area contributed by atoms with Crippen LogP contribution in [0.3, 0.4) is 0 Å². The van der Waals surface area contributed by atoms with Crippen LogP contribution < -0.4 is 0 Å². The summed E-state index contributed by atoms with van der Waals surface area (Å²) in [5, 5.41) is 28.1. The Morgan fingerprint density at radius 1 is 0.533 bits per heavy atom. The number of allylic oxidation sites excluding steroid dienone is 17. The van der Waals surface area contributed by atoms with E-state index in [0.29, 0.717) is 25.7 Å². The average molecular weight is 861 g/mol. The lowest BCUT2D eigenvalue weighted by molar-refractivity contribution is -0.161. The number of rotatable bonds is 39. The summed E-state index contributed by atoms with van der Waals surface area (Å²) < 4.78 is 32.5. The maximum absolute atomic E-state index is 12.6. The Morgan fingerprint density at radius 3 is 1.50 bits per heavy atom. The summed E-state index contributed by atoms with van der Waals surface area (Å²) in [6.07, 6.45) is 49.9. The second-order valence-electron chi connectivity index (χ2n) is 14.2. The monoisotopic (exact) mass is 861 g/mol. The molecule has 60 heavy (non-hydrogen) atoms. The van der Waals surface area contributed by atoms with Crippen molar-refractivity contribution in [1.82, 2.24) is 0 Å². The largest absolute Gasteiger partial charge is 0.472 e. The van der Waals surface area contributed by atoms with E-state index in [0.717, 1.165) is 64.2 Å². The summed E-state index contributed by atoms with van der Waals surface area (Å²) >= 11 is 0. The second kappa shape index (κ2) is 42.3. The van der Waals surface area contributed by atoms with Gasteiger partial charge in [0.15, 0.2) is 6.10 Å². The Kier molecular flexibility index (Phi) is 39.9. The van der Waals surface area contributed by atoms with Crippen molar-refractivity contribution in [3.05, 3.63) is 109 Å². The van der Waals surface area contributed by atoms with E-state index in [9.17, 15) is 29.3 Å². The number of ether oxygens (including phenoxy) is 2. The molecule has 0 aliphatic carbocycles. The van der Waals surface area contributed by atoms with E-state index >= 15 is 0 Å². The van der Waals surface area contributed by atoms with E-state index in [1.54, 1.807) is 0 Å². The molecule has 0 amide bonds. The zero-order chi connectivity index (χ0) is 44.2. The van der Waals surface area contributed by atoms with Gasteiger partial charge in [-0.1, -0.05) is 142 Å². The summed E-state index contributed by atoms with van der Waals surface area (Å²) in [6, 6.07) is 0. The molecule has 4 N–H and O–H groups in total. The van der Waals surface area contributed by atoms with Crippen molar-refractivity contribution >= 4 is 19.8 Å². The maximum Gasteiger partial charge on any atom is 0.472 e. The smallest absolute Gasteiger partial charge is 0.462 e. The molecule has 0 saturated carbocycles. The number of esters is 2. The Labute approximate surface area is 361 Å². The van der Waals surface area contributed by atoms with Gasteiger partial charge in [-0.15, -0.1) is 0 Å². The van der Waals surface area contributed by atoms with E-state index in [4.69, 9.17) is 19.1 Å². The van der Waals surface area contributed by atoms with Gasteiger partial charge in [-0.3, -0.25) is 18.6 Å². The summed E-state index contributed by atoms with van der Waals surface area (Å²) in [7, 11) is -4.67. The van der Waals surface area contributed by atoms with Gasteiger partial charge in [0, 0.05) is 12.8 Å². The second-order valence-corrected chi connectivity index (χ2v) is 15.6. The fourth-order valence-electron chi connectivity index (χ4n) is 5.10. The topological polar surface area (TPSA) is 169 Å². The standard InChI is InChI=1S/C48H77O11P/c1-3-5-6-7-8-9-10-11-12-13-14-15-16-19-22-25-28-31-34-38-47(52)56-42-46(43-58-60(54,55)57-41-45(51)40-49)59-48(53)39-35-32-29-26-23-20-17-18-21-24-27-30-33-37-44(50)36-4-2/h8-9,11-12,14-15,17,19-22,24,26,28-31,33,44-46,49-51H,3-7,10,13,16,18,23,25,27,32,34-43H2,1-2H3,(H,54,55)/b9-8-,12-11-,15-14-,20-17-,22-19-,24-21-,29-26-,31-28-,33-30-/t44?,45-,46+/m0/s1. The van der Waals surface area contributed by atoms with Crippen molar-refractivity contribution in [1.29, 1.82) is 0 Å². The number of aliphatic hydroxyl groups excluding tert-OH is 3. The highest BCUT2D eigenvalue weighted by molar-refractivity contribution is 7.47. The first-order valence-corrected chi connectivity index (χ1v) is 23.4. The molecule has 11 nitrogen and oxygen atoms in total. The number of hydrogen-bond donors (Lipinski definition) is 4. The maximum atomic E-state index is 12.6. The Bertz CT molecular complexity index is 1380. The summed E-state index contributed by atoms with van der Waals surface area (Å²) in [5.74, 6) is -1.12. The molecule has 4 atom stereocenters. The number of phosphoric ester groups is 1. The molecule has 0 rings (SSSR count). The first-order chi connectivity index (χ1) is 29.1. The van der Waals surface area contributed by atoms with E-state index < -0.39 is 58.4 Å². The molecule has 0 heterocycles. The zero-order valence-electron chi connectivity index (χ0n) is 36.5. The summed E-state index contributed by atoms with van der Waals surface area (Å²) in [6.45, 7) is 1.96. The van der Waals surface area contributed by atoms with Gasteiger partial charge >= 0.3 is 19.8 Å². The van der Waals surface area contributed by atoms with Gasteiger partial charge in [-0.05, 0) is 89.9 Å². The van der Waals surface area contributed by atoms with Crippen LogP contribution in [0.15, 0.2) is 109 Å². The van der Waals surface area contributed by atoms with Gasteiger partial charge in [0.05, 0.1) is 25.9 Å². The molecule has 0 bridgehead atoms. The molecular weight excluding hydrogens is 783 g/mol. The predicted octanol–water partition coefficient (Wildman–Crippen LogP) is 10.7. The van der Waals surface area contributed by atoms with Gasteiger partial charge in [0.25, 0.3) is 0 Å². The van der Waals surface area contributed by atoms with Crippen LogP contribution in [0.5, 0.6) is 0 Å². The fraction of sp³-hybridized carbons (Fsp3) is 0.583. The number of aliphatic hydroxyl groups is 3. The van der Waals surface area contributed by atoms with E-state index in [-0.39, 0.29) is 18.9 Å². The molecule has 0 aromatic carbocycles. The third-order valence-electron chi connectivity index (χ3n) is 8.47. The van der Waals surface area contributed by atoms with E-state index in [1.165, 1.54) is 19.3 Å². The third kappa shape index (κ3) is 41.3. The SMILES string of the molecule is CCCCC/C=C\C/C=C\C/C=C\C/C=C\C/C=C\CCC(=O)OC[C@H](COP(=O)(O)OC[C@@H](O)CO)OC(=O)CCC/C=C\C/C=C\C/C=C\C/C=C\CC(O)CCC. The minimum atomic E-state index is -4.67. The van der Waals surface area contributed by atoms with Crippen LogP contribution in [0.1, 0.15) is 136 Å². The van der Waals surface area contributed by atoms with Crippen LogP contribution in [0.25, 0.3) is 0 Å². The molecule has 0 aliphatic heterocycles. The molecular formula is C48H77O11P. The normalized spacial score (nSPS) is 15.4. The lowest BCUT2D eigenvalue weighted by atomic mass is 10.1. The first-order valence-electron chi connectivity index (χ1n) is 21.9. The predicted molar refractivity (Wildman–Crippen MR) is 243 cm³/mol. The van der Waals surface area contributed by atoms with Gasteiger partial charge in [-0.2, -0.15) is 0 Å². The average Bonchev–Trinajstić information content (AvgIpc) is 3.23. The van der Waals surface area contributed by atoms with Crippen LogP contribution >= 0.6 is 7.82 Å². The number of carbonyl (C=O) groups excluding carboxylic acids is 2. The lowest BCUT2D eigenvalue weighted by Gasteiger charge is -2.20. The Balaban J connectivity index is 4.55. The quantitative estimate of drug-likeness (QED) is 0.0201. The highest BCUT2D eigenvalue weighted by atomic mass is 31.2. The fourth-order valence-corrected chi connectivity index (χ4v) is 5.89. The van der Waals surface area contributed by atoms with Gasteiger partial charge in [-0.25, -0.2) is 4.57 Å². The molecule has 0 aromatic heterocycles. The zero-order valence-corrected chi connectivity index (χ0v) is 37.4. The Hall–Kier alpha value is -3.41. The molecule has 2 unspecified atom stereocenters. The van der Waals surface area contributed by atoms with Gasteiger partial charge in [0.1, 0.15) is 12.7 Å². The van der Waals surface area contributed by atoms with Crippen LogP contribution in [0.4, 0.5) is 0 Å². The van der Waals surface area contributed by atoms with Crippen molar-refractivity contribution in [2.24, 2.45) is 0 Å². The lowest BCUT2D eigenvalue weighted by Crippen LogP contribution is -2.29. The van der Waals surface area contributed by atoms with Crippen LogP contribution in [-0.2, 0) is 32.7 Å². The van der Waals surface area contributed by atoms with Crippen molar-refractivity contribution in [3.8, 4) is 0 Å². The van der Waals surface area contributed by atoms with Crippen LogP contribution in [0, 0.1) is 0 Å². The number of carbonyl (C=O) groups is 2. The van der Waals surface area contributed by atoms with Gasteiger partial charge < -0.3 is 29.7 Å². The molecule has 0 aromatic rings. The Morgan fingerprint density at radius 2 is 1.00 bits per heavy atom. The molecule has 12 heteroatoms. The van der Waals surface area contributed by atoms with Crippen molar-refractivity contribution < 1.29 is 52.9 Å². The van der Waals surface area contributed by atoms with Crippen LogP contribution in [0.2, 0.25) is 0 Å². The van der Waals surface area contributed by atoms with E-state index in [2.05, 4.69) is 97.4 Å². The van der Waals surface area contributed by atoms with Gasteiger partial charge in [0.2, 0.25) is 0 Å². The number of hydrogen-bond acceptors (Lipinski definition) is 10. The molecule has 0 fully saturated rings. The minimum absolute atomic E-state index is 0.0711. The molecule has 0 radical (unpaired) electrons. The van der Waals surface area contributed by atoms with E-state index in [1.807, 2.05) is 30.4 Å². The summed E-state index contributed by atoms with van der Waals surface area (Å²) in [4.78, 5) is 34.9. The highest BCUT2D eigenvalue weighted by Crippen LogP contribution is 2.43. The van der Waals surface area contributed by atoms with Crippen molar-refractivity contribution in [3.63, 3.8) is 0 Å². The molecule has 340 valence electrons. The number of phosphoric acid groups is 1. The highest BCUT2D eigenvalue weighted by Gasteiger charge is 2.27. The summed E-state index contributed by atoms with van der Waals surface area (Å²) in [5.41, 5.74) is 0. The first kappa shape index (κ1) is 56.6. The van der Waals surface area contributed by atoms with Crippen molar-refractivity contribution in [2.75, 3.05) is 26.4 Å². The molecule has 0 spiro atoms. The van der Waals surface area contributed by atoms with Crippen molar-refractivity contribution in [2.45, 2.75) is 154 Å². The minimum Gasteiger partial charge on any atom is -0.462 e. The van der Waals surface area contributed by atoms with Crippen LogP contribution in [-0.4, -0.2) is 76.9 Å². The molecule has 0 saturated heterocycles. The number of unbranched alkanes of at least 4 members (excludes halogenated alkanes) is 4. The third-order valence-corrected chi connectivity index (χ3v) is 9.42. The molecule has 0 aliphatic rings.